The number of carbonyl (C=O) groups is 2. The molecule has 0 aliphatic carbocycles. The van der Waals surface area contributed by atoms with Gasteiger partial charge in [0, 0.05) is 15.9 Å². The molecule has 0 spiro atoms. The minimum absolute atomic E-state index is 0.132. The van der Waals surface area contributed by atoms with Crippen molar-refractivity contribution in [2.75, 3.05) is 6.61 Å². The molecule has 3 rings (SSSR count). The summed E-state index contributed by atoms with van der Waals surface area (Å²) in [5.41, 5.74) is 0.290. The van der Waals surface area contributed by atoms with Crippen LogP contribution in [0.25, 0.3) is 23.2 Å². The second-order valence-electron chi connectivity index (χ2n) is 7.07. The molecule has 2 aromatic heterocycles. The lowest BCUT2D eigenvalue weighted by Crippen LogP contribution is -2.27. The van der Waals surface area contributed by atoms with Crippen molar-refractivity contribution in [3.8, 4) is 11.4 Å². The van der Waals surface area contributed by atoms with Gasteiger partial charge in [0.25, 0.3) is 0 Å². The van der Waals surface area contributed by atoms with Crippen LogP contribution in [0.1, 0.15) is 25.6 Å². The van der Waals surface area contributed by atoms with Crippen molar-refractivity contribution in [2.45, 2.75) is 20.8 Å². The third kappa shape index (κ3) is 4.58. The van der Waals surface area contributed by atoms with E-state index in [4.69, 9.17) is 4.74 Å². The zero-order valence-corrected chi connectivity index (χ0v) is 16.6. The molecule has 0 fully saturated rings. The van der Waals surface area contributed by atoms with Gasteiger partial charge in [0.15, 0.2) is 23.9 Å². The van der Waals surface area contributed by atoms with Gasteiger partial charge < -0.3 is 4.74 Å². The third-order valence-electron chi connectivity index (χ3n) is 3.93. The number of thiophene rings is 1. The predicted octanol–water partition coefficient (Wildman–Crippen LogP) is 3.56. The summed E-state index contributed by atoms with van der Waals surface area (Å²) in [4.78, 5) is 25.8. The van der Waals surface area contributed by atoms with Crippen LogP contribution < -0.4 is 0 Å². The average Bonchev–Trinajstić information content (AvgIpc) is 3.35. The van der Waals surface area contributed by atoms with Crippen molar-refractivity contribution >= 4 is 34.9 Å². The van der Waals surface area contributed by atoms with E-state index in [-0.39, 0.29) is 18.1 Å². The molecule has 144 valence electrons. The van der Waals surface area contributed by atoms with E-state index in [9.17, 15) is 9.59 Å². The Morgan fingerprint density at radius 1 is 1.14 bits per heavy atom. The number of aromatic nitrogens is 4. The van der Waals surface area contributed by atoms with Crippen LogP contribution in [0.15, 0.2) is 47.8 Å². The van der Waals surface area contributed by atoms with Crippen molar-refractivity contribution in [3.63, 3.8) is 0 Å². The molecule has 0 aliphatic rings. The number of hydrogen-bond donors (Lipinski definition) is 0. The summed E-state index contributed by atoms with van der Waals surface area (Å²) in [5.74, 6) is -0.436. The Balaban J connectivity index is 1.95. The summed E-state index contributed by atoms with van der Waals surface area (Å²) in [6, 6.07) is 13.0. The van der Waals surface area contributed by atoms with Gasteiger partial charge in [0.1, 0.15) is 0 Å². The largest absolute Gasteiger partial charge is 0.453 e. The molecule has 0 bridgehead atoms. The molecule has 3 aromatic rings. The Morgan fingerprint density at radius 3 is 2.54 bits per heavy atom. The first-order chi connectivity index (χ1) is 13.4. The number of Topliss-reactive ketones (excluding diaryl/α,β-unsaturated/α-hetero) is 1. The first-order valence-corrected chi connectivity index (χ1v) is 9.54. The smallest absolute Gasteiger partial charge is 0.357 e. The van der Waals surface area contributed by atoms with Crippen LogP contribution in [-0.2, 0) is 14.3 Å². The maximum Gasteiger partial charge on any atom is 0.357 e. The molecule has 28 heavy (non-hydrogen) atoms. The maximum atomic E-state index is 12.8. The third-order valence-corrected chi connectivity index (χ3v) is 4.75. The van der Waals surface area contributed by atoms with Gasteiger partial charge in [-0.25, -0.2) is 4.79 Å². The highest BCUT2D eigenvalue weighted by molar-refractivity contribution is 7.10. The van der Waals surface area contributed by atoms with E-state index in [2.05, 4.69) is 15.5 Å². The van der Waals surface area contributed by atoms with Crippen LogP contribution in [0.4, 0.5) is 0 Å². The number of nitrogens with zero attached hydrogens (tertiary/aromatic N) is 4. The molecule has 7 nitrogen and oxygen atoms in total. The van der Waals surface area contributed by atoms with Gasteiger partial charge in [-0.3, -0.25) is 4.79 Å². The minimum Gasteiger partial charge on any atom is -0.453 e. The SMILES string of the molecule is CC(C)(C)C(=O)COC(=O)/C(=C/c1cccs1)n1nnnc1-c1ccccc1. The number of benzene rings is 1. The van der Waals surface area contributed by atoms with Crippen molar-refractivity contribution < 1.29 is 14.3 Å². The van der Waals surface area contributed by atoms with E-state index in [1.54, 1.807) is 26.8 Å². The molecule has 0 N–H and O–H groups in total. The van der Waals surface area contributed by atoms with Crippen LogP contribution in [-0.4, -0.2) is 38.6 Å². The second kappa shape index (κ2) is 8.26. The van der Waals surface area contributed by atoms with Crippen LogP contribution in [0.5, 0.6) is 0 Å². The summed E-state index contributed by atoms with van der Waals surface area (Å²) >= 11 is 1.46. The molecular weight excluding hydrogens is 376 g/mol. The van der Waals surface area contributed by atoms with E-state index in [0.717, 1.165) is 10.4 Å². The standard InChI is InChI=1S/C20H20N4O3S/c1-20(2,3)17(25)13-27-19(26)16(12-15-10-7-11-28-15)24-18(21-22-23-24)14-8-5-4-6-9-14/h4-12H,13H2,1-3H3/b16-12-. The molecule has 0 radical (unpaired) electrons. The molecule has 0 aliphatic heterocycles. The average molecular weight is 396 g/mol. The highest BCUT2D eigenvalue weighted by Gasteiger charge is 2.25. The lowest BCUT2D eigenvalue weighted by atomic mass is 9.91. The summed E-state index contributed by atoms with van der Waals surface area (Å²) in [5, 5.41) is 13.6. The van der Waals surface area contributed by atoms with Crippen LogP contribution in [0, 0.1) is 5.41 Å². The lowest BCUT2D eigenvalue weighted by molar-refractivity contribution is -0.145. The minimum atomic E-state index is -0.671. The first-order valence-electron chi connectivity index (χ1n) is 8.66. The highest BCUT2D eigenvalue weighted by Crippen LogP contribution is 2.23. The number of carbonyl (C=O) groups excluding carboxylic acids is 2. The summed E-state index contributed by atoms with van der Waals surface area (Å²) < 4.78 is 6.62. The van der Waals surface area contributed by atoms with Crippen LogP contribution >= 0.6 is 11.3 Å². The van der Waals surface area contributed by atoms with Gasteiger partial charge in [0.05, 0.1) is 0 Å². The molecule has 0 unspecified atom stereocenters. The topological polar surface area (TPSA) is 87.0 Å². The molecule has 0 saturated carbocycles. The summed E-state index contributed by atoms with van der Waals surface area (Å²) in [6.45, 7) is 5.02. The van der Waals surface area contributed by atoms with Gasteiger partial charge in [-0.2, -0.15) is 4.68 Å². The fraction of sp³-hybridized carbons (Fsp3) is 0.250. The molecule has 2 heterocycles. The zero-order chi connectivity index (χ0) is 20.1. The molecule has 0 atom stereocenters. The Kier molecular flexibility index (Phi) is 5.79. The van der Waals surface area contributed by atoms with E-state index in [0.29, 0.717) is 5.82 Å². The van der Waals surface area contributed by atoms with Crippen LogP contribution in [0.3, 0.4) is 0 Å². The monoisotopic (exact) mass is 396 g/mol. The fourth-order valence-corrected chi connectivity index (χ4v) is 2.90. The Labute approximate surface area is 166 Å². The quantitative estimate of drug-likeness (QED) is 0.468. The summed E-state index contributed by atoms with van der Waals surface area (Å²) in [6.07, 6.45) is 1.65. The van der Waals surface area contributed by atoms with Gasteiger partial charge >= 0.3 is 5.97 Å². The number of ether oxygens (including phenoxy) is 1. The van der Waals surface area contributed by atoms with Gasteiger partial charge in [-0.15, -0.1) is 16.4 Å². The molecule has 1 aromatic carbocycles. The normalized spacial score (nSPS) is 12.0. The van der Waals surface area contributed by atoms with Crippen molar-refractivity contribution in [1.29, 1.82) is 0 Å². The zero-order valence-electron chi connectivity index (χ0n) is 15.8. The van der Waals surface area contributed by atoms with Gasteiger partial charge in [-0.05, 0) is 27.9 Å². The van der Waals surface area contributed by atoms with E-state index in [1.807, 2.05) is 47.8 Å². The first kappa shape index (κ1) is 19.6. The lowest BCUT2D eigenvalue weighted by Gasteiger charge is -2.16. The Hall–Kier alpha value is -3.13. The van der Waals surface area contributed by atoms with Crippen LogP contribution in [0.2, 0.25) is 0 Å². The number of hydrogen-bond acceptors (Lipinski definition) is 7. The van der Waals surface area contributed by atoms with E-state index in [1.165, 1.54) is 16.0 Å². The highest BCUT2D eigenvalue weighted by atomic mass is 32.1. The molecule has 0 amide bonds. The molecule has 8 heteroatoms. The number of tetrazole rings is 1. The van der Waals surface area contributed by atoms with E-state index < -0.39 is 11.4 Å². The summed E-state index contributed by atoms with van der Waals surface area (Å²) in [7, 11) is 0. The van der Waals surface area contributed by atoms with Crippen molar-refractivity contribution in [2.24, 2.45) is 5.41 Å². The number of ketones is 1. The van der Waals surface area contributed by atoms with E-state index >= 15 is 0 Å². The Morgan fingerprint density at radius 2 is 1.89 bits per heavy atom. The second-order valence-corrected chi connectivity index (χ2v) is 8.05. The van der Waals surface area contributed by atoms with Gasteiger partial charge in [0.2, 0.25) is 0 Å². The van der Waals surface area contributed by atoms with Crippen molar-refractivity contribution in [3.05, 3.63) is 52.7 Å². The molecule has 0 saturated heterocycles. The predicted molar refractivity (Wildman–Crippen MR) is 107 cm³/mol. The number of esters is 1. The molecular formula is C20H20N4O3S. The Bertz CT molecular complexity index is 986. The number of rotatable bonds is 6. The maximum absolute atomic E-state index is 12.8. The van der Waals surface area contributed by atoms with Crippen molar-refractivity contribution in [1.82, 2.24) is 20.2 Å². The van der Waals surface area contributed by atoms with Gasteiger partial charge in [-0.1, -0.05) is 57.2 Å². The fourth-order valence-electron chi connectivity index (χ4n) is 2.25.